The number of aliphatic hydroxyl groups is 1. The van der Waals surface area contributed by atoms with Crippen LogP contribution in [0.5, 0.6) is 0 Å². The molecule has 0 aromatic rings. The van der Waals surface area contributed by atoms with Crippen molar-refractivity contribution in [1.82, 2.24) is 0 Å². The van der Waals surface area contributed by atoms with Gasteiger partial charge in [-0.1, -0.05) is 44.4 Å². The molecule has 0 radical (unpaired) electrons. The molecule has 2 fully saturated rings. The second-order valence-electron chi connectivity index (χ2n) is 4.57. The average Bonchev–Trinajstić information content (AvgIpc) is 1.95. The van der Waals surface area contributed by atoms with Gasteiger partial charge in [0.05, 0.1) is 0 Å². The lowest BCUT2D eigenvalue weighted by Gasteiger charge is -2.43. The van der Waals surface area contributed by atoms with Crippen LogP contribution in [0.25, 0.3) is 0 Å². The first kappa shape index (κ1) is 9.09. The highest BCUT2D eigenvalue weighted by atomic mass is 16.3. The molecule has 0 spiro atoms. The molecule has 2 rings (SSSR count). The minimum Gasteiger partial charge on any atom is -0.380 e. The van der Waals surface area contributed by atoms with Crippen LogP contribution in [0, 0.1) is 30.1 Å². The van der Waals surface area contributed by atoms with Gasteiger partial charge in [0.25, 0.3) is 0 Å². The van der Waals surface area contributed by atoms with Crippen molar-refractivity contribution < 1.29 is 5.11 Å². The summed E-state index contributed by atoms with van der Waals surface area (Å²) in [6.45, 7) is 0. The molecule has 72 valence electrons. The van der Waals surface area contributed by atoms with Crippen LogP contribution in [0.3, 0.4) is 0 Å². The van der Waals surface area contributed by atoms with Gasteiger partial charge in [-0.05, 0) is 11.8 Å². The Hall–Kier alpha value is -0.480. The normalized spacial score (nSPS) is 26.2. The van der Waals surface area contributed by atoms with Crippen LogP contribution in [-0.2, 0) is 0 Å². The predicted molar refractivity (Wildman–Crippen MR) is 53.0 cm³/mol. The fourth-order valence-electron chi connectivity index (χ4n) is 2.66. The van der Waals surface area contributed by atoms with Crippen molar-refractivity contribution in [2.24, 2.45) is 17.8 Å². The summed E-state index contributed by atoms with van der Waals surface area (Å²) in [7, 11) is 0. The van der Waals surface area contributed by atoms with Crippen molar-refractivity contribution in [3.63, 3.8) is 0 Å². The molecule has 0 aromatic carbocycles. The third-order valence-corrected chi connectivity index (χ3v) is 3.92. The Labute approximate surface area is 80.5 Å². The van der Waals surface area contributed by atoms with Gasteiger partial charge in [0.2, 0.25) is 0 Å². The van der Waals surface area contributed by atoms with Gasteiger partial charge in [-0.25, -0.2) is 0 Å². The molecular weight excluding hydrogens is 160 g/mol. The zero-order valence-corrected chi connectivity index (χ0v) is 8.08. The van der Waals surface area contributed by atoms with E-state index in [1.165, 1.54) is 38.5 Å². The zero-order chi connectivity index (χ0) is 9.26. The highest BCUT2D eigenvalue weighted by molar-refractivity contribution is 5.02. The van der Waals surface area contributed by atoms with E-state index in [4.69, 9.17) is 6.42 Å². The second kappa shape index (κ2) is 3.72. The third kappa shape index (κ3) is 1.60. The van der Waals surface area contributed by atoms with E-state index in [1.807, 2.05) is 0 Å². The summed E-state index contributed by atoms with van der Waals surface area (Å²) in [6, 6.07) is 0. The van der Waals surface area contributed by atoms with E-state index in [9.17, 15) is 5.11 Å². The number of hydrogen-bond donors (Lipinski definition) is 1. The van der Waals surface area contributed by atoms with Gasteiger partial charge in [0.1, 0.15) is 6.10 Å². The fraction of sp³-hybridized carbons (Fsp3) is 0.833. The lowest BCUT2D eigenvalue weighted by atomic mass is 9.63. The summed E-state index contributed by atoms with van der Waals surface area (Å²) in [5.74, 6) is 4.41. The van der Waals surface area contributed by atoms with Crippen LogP contribution in [0.1, 0.15) is 38.5 Å². The standard InChI is InChI=1S/C12H18O/c1-2-11(13)12(9-5-3-6-9)10-7-4-8-10/h1,9-13H,3-8H2/t11-/m0/s1. The Bertz CT molecular complexity index is 194. The molecule has 2 aliphatic rings. The first-order valence-corrected chi connectivity index (χ1v) is 5.47. The maximum absolute atomic E-state index is 9.75. The summed E-state index contributed by atoms with van der Waals surface area (Å²) < 4.78 is 0. The molecule has 2 aliphatic carbocycles. The van der Waals surface area contributed by atoms with Gasteiger partial charge in [0.15, 0.2) is 0 Å². The summed E-state index contributed by atoms with van der Waals surface area (Å²) in [4.78, 5) is 0. The lowest BCUT2D eigenvalue weighted by molar-refractivity contribution is 0.0106. The smallest absolute Gasteiger partial charge is 0.117 e. The van der Waals surface area contributed by atoms with E-state index in [0.717, 1.165) is 11.8 Å². The summed E-state index contributed by atoms with van der Waals surface area (Å²) >= 11 is 0. The predicted octanol–water partition coefficient (Wildman–Crippen LogP) is 2.20. The van der Waals surface area contributed by atoms with E-state index in [0.29, 0.717) is 5.92 Å². The Morgan fingerprint density at radius 3 is 1.77 bits per heavy atom. The lowest BCUT2D eigenvalue weighted by Crippen LogP contribution is -2.39. The van der Waals surface area contributed by atoms with E-state index in [-0.39, 0.29) is 0 Å². The van der Waals surface area contributed by atoms with Crippen molar-refractivity contribution in [3.05, 3.63) is 0 Å². The molecule has 0 amide bonds. The Morgan fingerprint density at radius 1 is 1.08 bits per heavy atom. The van der Waals surface area contributed by atoms with E-state index >= 15 is 0 Å². The number of aliphatic hydroxyl groups excluding tert-OH is 1. The monoisotopic (exact) mass is 178 g/mol. The number of terminal acetylenes is 1. The van der Waals surface area contributed by atoms with Crippen LogP contribution in [0.2, 0.25) is 0 Å². The van der Waals surface area contributed by atoms with Gasteiger partial charge >= 0.3 is 0 Å². The highest BCUT2D eigenvalue weighted by Gasteiger charge is 2.39. The first-order valence-electron chi connectivity index (χ1n) is 5.47. The first-order chi connectivity index (χ1) is 6.33. The Morgan fingerprint density at radius 2 is 1.54 bits per heavy atom. The van der Waals surface area contributed by atoms with E-state index in [2.05, 4.69) is 5.92 Å². The highest BCUT2D eigenvalue weighted by Crippen LogP contribution is 2.45. The summed E-state index contributed by atoms with van der Waals surface area (Å²) in [5.41, 5.74) is 0. The van der Waals surface area contributed by atoms with E-state index in [1.54, 1.807) is 0 Å². The molecule has 0 bridgehead atoms. The second-order valence-corrected chi connectivity index (χ2v) is 4.57. The molecule has 0 aromatic heterocycles. The van der Waals surface area contributed by atoms with Crippen LogP contribution < -0.4 is 0 Å². The van der Waals surface area contributed by atoms with Crippen LogP contribution in [0.15, 0.2) is 0 Å². The molecule has 0 unspecified atom stereocenters. The van der Waals surface area contributed by atoms with Gasteiger partial charge in [-0.15, -0.1) is 6.42 Å². The zero-order valence-electron chi connectivity index (χ0n) is 8.08. The molecule has 1 heteroatoms. The molecule has 1 nitrogen and oxygen atoms in total. The van der Waals surface area contributed by atoms with Gasteiger partial charge in [-0.3, -0.25) is 0 Å². The Balaban J connectivity index is 1.97. The molecule has 0 aliphatic heterocycles. The van der Waals surface area contributed by atoms with Gasteiger partial charge < -0.3 is 5.11 Å². The van der Waals surface area contributed by atoms with Crippen LogP contribution in [-0.4, -0.2) is 11.2 Å². The molecule has 0 heterocycles. The van der Waals surface area contributed by atoms with Crippen molar-refractivity contribution in [3.8, 4) is 12.3 Å². The van der Waals surface area contributed by atoms with Gasteiger partial charge in [-0.2, -0.15) is 0 Å². The molecular formula is C12H18O. The van der Waals surface area contributed by atoms with Crippen molar-refractivity contribution in [2.45, 2.75) is 44.6 Å². The fourth-order valence-corrected chi connectivity index (χ4v) is 2.66. The molecule has 2 saturated carbocycles. The third-order valence-electron chi connectivity index (χ3n) is 3.92. The van der Waals surface area contributed by atoms with Crippen molar-refractivity contribution in [2.75, 3.05) is 0 Å². The van der Waals surface area contributed by atoms with Crippen LogP contribution >= 0.6 is 0 Å². The topological polar surface area (TPSA) is 20.2 Å². The van der Waals surface area contributed by atoms with Gasteiger partial charge in [0, 0.05) is 5.92 Å². The minimum atomic E-state index is -0.476. The maximum Gasteiger partial charge on any atom is 0.117 e. The maximum atomic E-state index is 9.75. The van der Waals surface area contributed by atoms with Crippen LogP contribution in [0.4, 0.5) is 0 Å². The van der Waals surface area contributed by atoms with Crippen molar-refractivity contribution >= 4 is 0 Å². The molecule has 1 N–H and O–H groups in total. The summed E-state index contributed by atoms with van der Waals surface area (Å²) in [5, 5.41) is 9.75. The Kier molecular flexibility index (Phi) is 2.60. The molecule has 13 heavy (non-hydrogen) atoms. The average molecular weight is 178 g/mol. The number of rotatable bonds is 3. The largest absolute Gasteiger partial charge is 0.380 e. The van der Waals surface area contributed by atoms with Crippen molar-refractivity contribution in [1.29, 1.82) is 0 Å². The number of hydrogen-bond acceptors (Lipinski definition) is 1. The quantitative estimate of drug-likeness (QED) is 0.657. The molecule has 0 saturated heterocycles. The summed E-state index contributed by atoms with van der Waals surface area (Å²) in [6.07, 6.45) is 12.7. The molecule has 1 atom stereocenters. The van der Waals surface area contributed by atoms with E-state index < -0.39 is 6.10 Å². The SMILES string of the molecule is C#C[C@H](O)C(C1CCC1)C1CCC1. The minimum absolute atomic E-state index is 0.424.